The summed E-state index contributed by atoms with van der Waals surface area (Å²) in [6.45, 7) is 1.87. The topological polar surface area (TPSA) is 120 Å². The van der Waals surface area contributed by atoms with Crippen molar-refractivity contribution in [3.63, 3.8) is 0 Å². The molecule has 104 valence electrons. The van der Waals surface area contributed by atoms with Crippen molar-refractivity contribution >= 4 is 29.9 Å². The van der Waals surface area contributed by atoms with E-state index in [1.165, 1.54) is 24.1 Å². The lowest BCUT2D eigenvalue weighted by Crippen LogP contribution is -2.27. The maximum atomic E-state index is 11.4. The molecule has 9 heteroatoms. The van der Waals surface area contributed by atoms with Crippen LogP contribution in [0.2, 0.25) is 0 Å². The maximum Gasteiger partial charge on any atom is 0.345 e. The van der Waals surface area contributed by atoms with Crippen LogP contribution in [0.15, 0.2) is 23.3 Å². The smallest absolute Gasteiger partial charge is 0.345 e. The van der Waals surface area contributed by atoms with E-state index < -0.39 is 6.03 Å². The molecule has 0 atom stereocenters. The molecule has 0 heterocycles. The number of urea groups is 1. The van der Waals surface area contributed by atoms with Crippen LogP contribution < -0.4 is 20.5 Å². The van der Waals surface area contributed by atoms with E-state index in [2.05, 4.69) is 15.2 Å². The highest BCUT2D eigenvalue weighted by Crippen LogP contribution is 2.18. The van der Waals surface area contributed by atoms with Crippen molar-refractivity contribution in [3.05, 3.63) is 23.8 Å². The van der Waals surface area contributed by atoms with Crippen molar-refractivity contribution in [1.29, 1.82) is 0 Å². The lowest BCUT2D eigenvalue weighted by atomic mass is 10.2. The first-order valence-corrected chi connectivity index (χ1v) is 6.23. The minimum Gasteiger partial charge on any atom is -0.872 e. The van der Waals surface area contributed by atoms with Gasteiger partial charge < -0.3 is 5.11 Å². The van der Waals surface area contributed by atoms with Crippen LogP contribution in [0.25, 0.3) is 0 Å². The van der Waals surface area contributed by atoms with Gasteiger partial charge in [0.15, 0.2) is 0 Å². The summed E-state index contributed by atoms with van der Waals surface area (Å²) in [4.78, 5) is 11.1. The number of rotatable bonds is 5. The number of carbonyl (C=O) groups is 1. The molecule has 0 radical (unpaired) electrons. The summed E-state index contributed by atoms with van der Waals surface area (Å²) in [5.41, 5.74) is 2.28. The molecule has 2 amide bonds. The van der Waals surface area contributed by atoms with Crippen LogP contribution in [0.4, 0.5) is 10.5 Å². The van der Waals surface area contributed by atoms with Gasteiger partial charge in [0.2, 0.25) is 0 Å². The number of amides is 2. The Kier molecular flexibility index (Phi) is 5.93. The van der Waals surface area contributed by atoms with Gasteiger partial charge in [-0.25, -0.2) is 10.2 Å². The molecule has 0 aliphatic rings. The number of benzene rings is 1. The molecule has 0 saturated carbocycles. The molecule has 19 heavy (non-hydrogen) atoms. The first kappa shape index (κ1) is 15.1. The molecule has 8 nitrogen and oxygen atoms in total. The van der Waals surface area contributed by atoms with Crippen LogP contribution in [0.1, 0.15) is 12.5 Å². The number of hydrazone groups is 1. The largest absolute Gasteiger partial charge is 0.872 e. The second-order valence-corrected chi connectivity index (χ2v) is 4.32. The van der Waals surface area contributed by atoms with Crippen molar-refractivity contribution in [2.75, 3.05) is 11.0 Å². The number of nitrogens with one attached hydrogen (secondary N) is 2. The zero-order valence-corrected chi connectivity index (χ0v) is 10.8. The minimum atomic E-state index is -0.516. The minimum absolute atomic E-state index is 0.00652. The zero-order chi connectivity index (χ0) is 14.3. The summed E-state index contributed by atoms with van der Waals surface area (Å²) >= 11 is 1.20. The van der Waals surface area contributed by atoms with Crippen molar-refractivity contribution < 1.29 is 20.3 Å². The van der Waals surface area contributed by atoms with Gasteiger partial charge in [-0.2, -0.15) is 5.10 Å². The monoisotopic (exact) mass is 285 g/mol. The highest BCUT2D eigenvalue weighted by molar-refractivity contribution is 7.97. The number of anilines is 1. The molecule has 4 N–H and O–H groups in total. The van der Waals surface area contributed by atoms with Crippen LogP contribution in [-0.4, -0.2) is 28.4 Å². The van der Waals surface area contributed by atoms with E-state index >= 15 is 0 Å². The van der Waals surface area contributed by atoms with Crippen molar-refractivity contribution in [2.24, 2.45) is 5.10 Å². The molecule has 1 aromatic rings. The van der Waals surface area contributed by atoms with Crippen LogP contribution in [0.3, 0.4) is 0 Å². The summed E-state index contributed by atoms with van der Waals surface area (Å²) in [7, 11) is 0. The Morgan fingerprint density at radius 1 is 1.58 bits per heavy atom. The molecular formula is C10H13N4O4S-. The number of carbonyl (C=O) groups excluding carboxylic acids is 1. The zero-order valence-electron chi connectivity index (χ0n) is 10.0. The molecule has 0 unspecified atom stereocenters. The molecule has 0 aromatic heterocycles. The van der Waals surface area contributed by atoms with E-state index in [0.29, 0.717) is 5.75 Å². The van der Waals surface area contributed by atoms with Gasteiger partial charge in [-0.3, -0.25) is 15.1 Å². The normalized spacial score (nSPS) is 10.5. The van der Waals surface area contributed by atoms with E-state index in [-0.39, 0.29) is 22.2 Å². The molecular weight excluding hydrogens is 272 g/mol. The first-order valence-electron chi connectivity index (χ1n) is 5.24. The molecule has 0 aliphatic carbocycles. The van der Waals surface area contributed by atoms with E-state index in [0.717, 1.165) is 12.3 Å². The van der Waals surface area contributed by atoms with Gasteiger partial charge in [0.05, 0.1) is 11.9 Å². The van der Waals surface area contributed by atoms with Gasteiger partial charge in [0, 0.05) is 5.75 Å². The molecule has 1 rings (SSSR count). The molecule has 0 saturated heterocycles. The third-order valence-electron chi connectivity index (χ3n) is 1.90. The van der Waals surface area contributed by atoms with Crippen LogP contribution in [0, 0.1) is 0 Å². The van der Waals surface area contributed by atoms with Crippen LogP contribution in [-0.2, 0) is 0 Å². The standard InChI is InChI=1S/C10H14N4O4S/c1-2-19-13-10(16)12-11-6-7-5-8(14(17)18)3-4-9(7)15/h3-6,15,17-18H,2H2,1H3,(H2,12,13,16)/p-1/b11-6+. The maximum absolute atomic E-state index is 11.4. The van der Waals surface area contributed by atoms with Crippen molar-refractivity contribution in [1.82, 2.24) is 10.1 Å². The Morgan fingerprint density at radius 2 is 2.32 bits per heavy atom. The molecule has 0 fully saturated rings. The Morgan fingerprint density at radius 3 is 2.95 bits per heavy atom. The lowest BCUT2D eigenvalue weighted by molar-refractivity contribution is -0.268. The average Bonchev–Trinajstić information content (AvgIpc) is 2.38. The Hall–Kier alpha value is -1.97. The fourth-order valence-corrected chi connectivity index (χ4v) is 1.40. The number of hydrogen-bond donors (Lipinski definition) is 4. The predicted molar refractivity (Wildman–Crippen MR) is 69.3 cm³/mol. The third-order valence-corrected chi connectivity index (χ3v) is 2.52. The van der Waals surface area contributed by atoms with Crippen molar-refractivity contribution in [3.8, 4) is 5.75 Å². The quantitative estimate of drug-likeness (QED) is 0.358. The third kappa shape index (κ3) is 5.04. The predicted octanol–water partition coefficient (Wildman–Crippen LogP) is 0.646. The van der Waals surface area contributed by atoms with E-state index in [9.17, 15) is 9.90 Å². The summed E-state index contributed by atoms with van der Waals surface area (Å²) in [6, 6.07) is 3.09. The molecule has 0 bridgehead atoms. The summed E-state index contributed by atoms with van der Waals surface area (Å²) in [6.07, 6.45) is 1.12. The second kappa shape index (κ2) is 7.46. The fourth-order valence-electron chi connectivity index (χ4n) is 1.08. The van der Waals surface area contributed by atoms with E-state index in [4.69, 9.17) is 10.4 Å². The summed E-state index contributed by atoms with van der Waals surface area (Å²) in [5, 5.41) is 32.5. The Balaban J connectivity index is 2.65. The first-order chi connectivity index (χ1) is 9.04. The highest BCUT2D eigenvalue weighted by Gasteiger charge is 2.00. The van der Waals surface area contributed by atoms with E-state index in [1.807, 2.05) is 6.92 Å². The van der Waals surface area contributed by atoms with Crippen LogP contribution >= 0.6 is 11.9 Å². The van der Waals surface area contributed by atoms with E-state index in [1.54, 1.807) is 0 Å². The Labute approximate surface area is 113 Å². The second-order valence-electron chi connectivity index (χ2n) is 3.25. The van der Waals surface area contributed by atoms with Gasteiger partial charge in [-0.1, -0.05) is 18.7 Å². The SMILES string of the molecule is CCSNC(=O)N/N=C/c1cc(N(O)O)ccc1[O-]. The number of hydrogen-bond acceptors (Lipinski definition) is 7. The van der Waals surface area contributed by atoms with Gasteiger partial charge in [-0.05, 0) is 29.6 Å². The van der Waals surface area contributed by atoms with Gasteiger partial charge in [0.25, 0.3) is 0 Å². The Bertz CT molecular complexity index is 467. The summed E-state index contributed by atoms with van der Waals surface area (Å²) < 4.78 is 2.45. The number of nitrogens with zero attached hydrogens (tertiary/aromatic N) is 2. The molecule has 0 spiro atoms. The average molecular weight is 285 g/mol. The molecule has 1 aromatic carbocycles. The highest BCUT2D eigenvalue weighted by atomic mass is 32.2. The van der Waals surface area contributed by atoms with Crippen molar-refractivity contribution in [2.45, 2.75) is 6.92 Å². The van der Waals surface area contributed by atoms with Crippen LogP contribution in [0.5, 0.6) is 5.75 Å². The van der Waals surface area contributed by atoms with Gasteiger partial charge >= 0.3 is 6.03 Å². The van der Waals surface area contributed by atoms with Gasteiger partial charge in [0.1, 0.15) is 0 Å². The lowest BCUT2D eigenvalue weighted by Gasteiger charge is -2.13. The van der Waals surface area contributed by atoms with Gasteiger partial charge in [-0.15, -0.1) is 5.23 Å². The summed E-state index contributed by atoms with van der Waals surface area (Å²) in [5.74, 6) is 0.353. The fraction of sp³-hybridized carbons (Fsp3) is 0.200. The molecule has 0 aliphatic heterocycles.